The summed E-state index contributed by atoms with van der Waals surface area (Å²) in [5, 5.41) is 0.607. The molecule has 2 aliphatic heterocycles. The van der Waals surface area contributed by atoms with Crippen LogP contribution in [0.25, 0.3) is 0 Å². The van der Waals surface area contributed by atoms with Gasteiger partial charge in [-0.2, -0.15) is 0 Å². The average molecular weight is 490 g/mol. The highest BCUT2D eigenvalue weighted by atomic mass is 35.5. The van der Waals surface area contributed by atoms with Crippen LogP contribution in [0, 0.1) is 0 Å². The Bertz CT molecular complexity index is 1200. The summed E-state index contributed by atoms with van der Waals surface area (Å²) in [7, 11) is 2.06. The van der Waals surface area contributed by atoms with Gasteiger partial charge in [0.05, 0.1) is 18.6 Å². The fourth-order valence-electron chi connectivity index (χ4n) is 5.22. The average Bonchev–Trinajstić information content (AvgIpc) is 3.30. The number of hydrogen-bond donors (Lipinski definition) is 1. The molecule has 0 aliphatic carbocycles. The van der Waals surface area contributed by atoms with E-state index in [9.17, 15) is 9.59 Å². The third-order valence-electron chi connectivity index (χ3n) is 6.88. The molecular formula is C28H28ClN3O3. The van der Waals surface area contributed by atoms with Crippen LogP contribution in [0.4, 0.5) is 0 Å². The first-order valence-corrected chi connectivity index (χ1v) is 12.2. The molecule has 2 amide bonds. The van der Waals surface area contributed by atoms with Crippen LogP contribution < -0.4 is 5.48 Å². The van der Waals surface area contributed by atoms with Gasteiger partial charge in [0.25, 0.3) is 11.8 Å². The summed E-state index contributed by atoms with van der Waals surface area (Å²) in [5.41, 5.74) is 5.77. The van der Waals surface area contributed by atoms with Crippen LogP contribution in [0.3, 0.4) is 0 Å². The molecule has 7 heteroatoms. The van der Waals surface area contributed by atoms with Gasteiger partial charge in [0.15, 0.2) is 0 Å². The van der Waals surface area contributed by atoms with Crippen LogP contribution in [0.2, 0.25) is 5.02 Å². The van der Waals surface area contributed by atoms with Crippen molar-refractivity contribution < 1.29 is 14.4 Å². The summed E-state index contributed by atoms with van der Waals surface area (Å²) < 4.78 is 0. The van der Waals surface area contributed by atoms with E-state index >= 15 is 0 Å². The van der Waals surface area contributed by atoms with Crippen LogP contribution in [0.1, 0.15) is 45.4 Å². The molecule has 180 valence electrons. The first-order valence-electron chi connectivity index (χ1n) is 11.8. The Morgan fingerprint density at radius 1 is 1.03 bits per heavy atom. The van der Waals surface area contributed by atoms with Crippen molar-refractivity contribution in [3.05, 3.63) is 106 Å². The van der Waals surface area contributed by atoms with Crippen molar-refractivity contribution in [2.45, 2.75) is 31.0 Å². The van der Waals surface area contributed by atoms with Gasteiger partial charge in [0.2, 0.25) is 0 Å². The molecular weight excluding hydrogens is 462 g/mol. The Kier molecular flexibility index (Phi) is 6.86. The number of nitrogens with one attached hydrogen (secondary N) is 1. The zero-order chi connectivity index (χ0) is 24.4. The smallest absolute Gasteiger partial charge is 0.255 e. The highest BCUT2D eigenvalue weighted by Gasteiger charge is 2.47. The number of likely N-dealkylation sites (tertiary alicyclic amines) is 1. The lowest BCUT2D eigenvalue weighted by atomic mass is 9.78. The van der Waals surface area contributed by atoms with Gasteiger partial charge in [-0.05, 0) is 54.9 Å². The molecule has 0 unspecified atom stereocenters. The maximum absolute atomic E-state index is 13.8. The molecule has 2 heterocycles. The zero-order valence-electron chi connectivity index (χ0n) is 19.6. The van der Waals surface area contributed by atoms with Crippen LogP contribution in [-0.2, 0) is 16.2 Å². The topological polar surface area (TPSA) is 61.9 Å². The molecule has 0 bridgehead atoms. The van der Waals surface area contributed by atoms with Crippen molar-refractivity contribution in [3.63, 3.8) is 0 Å². The second kappa shape index (κ2) is 10.2. The van der Waals surface area contributed by atoms with E-state index in [0.717, 1.165) is 30.6 Å². The second-order valence-corrected chi connectivity index (χ2v) is 9.66. The summed E-state index contributed by atoms with van der Waals surface area (Å²) in [5.74, 6) is -0.959. The lowest BCUT2D eigenvalue weighted by molar-refractivity contribution is -0.138. The molecule has 5 rings (SSSR count). The number of benzene rings is 3. The van der Waals surface area contributed by atoms with E-state index in [1.165, 1.54) is 0 Å². The molecule has 2 aliphatic rings. The van der Waals surface area contributed by atoms with E-state index in [4.69, 9.17) is 16.4 Å². The lowest BCUT2D eigenvalue weighted by Gasteiger charge is -2.44. The SMILES string of the molecule is CN1CC[C@H](N2C(=O)c3ccccc3[C@@H](C(=O)NOCc3ccccc3)[C@@H]2c2ccc(Cl)cc2)C1. The highest BCUT2D eigenvalue weighted by Crippen LogP contribution is 2.45. The van der Waals surface area contributed by atoms with Crippen molar-refractivity contribution in [3.8, 4) is 0 Å². The van der Waals surface area contributed by atoms with Gasteiger partial charge >= 0.3 is 0 Å². The summed E-state index contributed by atoms with van der Waals surface area (Å²) in [6, 6.07) is 24.0. The number of hydroxylamine groups is 1. The minimum absolute atomic E-state index is 0.00192. The number of amides is 2. The number of halogens is 1. The van der Waals surface area contributed by atoms with E-state index in [0.29, 0.717) is 16.1 Å². The number of rotatable bonds is 6. The van der Waals surface area contributed by atoms with Crippen LogP contribution in [0.15, 0.2) is 78.9 Å². The number of hydrogen-bond acceptors (Lipinski definition) is 4. The van der Waals surface area contributed by atoms with Crippen LogP contribution in [-0.4, -0.2) is 47.8 Å². The zero-order valence-corrected chi connectivity index (χ0v) is 20.3. The maximum Gasteiger partial charge on any atom is 0.255 e. The van der Waals surface area contributed by atoms with Gasteiger partial charge in [-0.1, -0.05) is 72.3 Å². The van der Waals surface area contributed by atoms with Crippen LogP contribution in [0.5, 0.6) is 0 Å². The predicted molar refractivity (Wildman–Crippen MR) is 135 cm³/mol. The van der Waals surface area contributed by atoms with E-state index in [-0.39, 0.29) is 24.5 Å². The van der Waals surface area contributed by atoms with Crippen molar-refractivity contribution in [2.24, 2.45) is 0 Å². The van der Waals surface area contributed by atoms with E-state index in [1.54, 1.807) is 0 Å². The van der Waals surface area contributed by atoms with Crippen molar-refractivity contribution >= 4 is 23.4 Å². The van der Waals surface area contributed by atoms with Gasteiger partial charge in [0, 0.05) is 23.2 Å². The molecule has 0 radical (unpaired) electrons. The molecule has 1 saturated heterocycles. The van der Waals surface area contributed by atoms with E-state index in [2.05, 4.69) is 17.4 Å². The molecule has 1 N–H and O–H groups in total. The molecule has 0 saturated carbocycles. The van der Waals surface area contributed by atoms with Gasteiger partial charge < -0.3 is 9.80 Å². The minimum atomic E-state index is -0.633. The number of carbonyl (C=O) groups is 2. The quantitative estimate of drug-likeness (QED) is 0.515. The summed E-state index contributed by atoms with van der Waals surface area (Å²) in [4.78, 5) is 37.3. The first kappa shape index (κ1) is 23.5. The van der Waals surface area contributed by atoms with E-state index in [1.807, 2.05) is 83.8 Å². The third-order valence-corrected chi connectivity index (χ3v) is 7.14. The summed E-state index contributed by atoms with van der Waals surface area (Å²) in [6.07, 6.45) is 0.855. The number of nitrogens with zero attached hydrogens (tertiary/aromatic N) is 2. The fraction of sp³-hybridized carbons (Fsp3) is 0.286. The Balaban J connectivity index is 1.52. The van der Waals surface area contributed by atoms with Gasteiger partial charge in [-0.25, -0.2) is 5.48 Å². The molecule has 0 spiro atoms. The number of carbonyl (C=O) groups excluding carboxylic acids is 2. The molecule has 3 atom stereocenters. The maximum atomic E-state index is 13.8. The predicted octanol–water partition coefficient (Wildman–Crippen LogP) is 4.57. The minimum Gasteiger partial charge on any atom is -0.326 e. The number of fused-ring (bicyclic) bond motifs is 1. The van der Waals surface area contributed by atoms with Gasteiger partial charge in [-0.3, -0.25) is 14.4 Å². The normalized spacial score (nSPS) is 22.2. The monoisotopic (exact) mass is 489 g/mol. The summed E-state index contributed by atoms with van der Waals surface area (Å²) in [6.45, 7) is 1.92. The van der Waals surface area contributed by atoms with Crippen molar-refractivity contribution in [2.75, 3.05) is 20.1 Å². The fourth-order valence-corrected chi connectivity index (χ4v) is 5.34. The Labute approximate surface area is 210 Å². The highest BCUT2D eigenvalue weighted by molar-refractivity contribution is 6.30. The number of likely N-dealkylation sites (N-methyl/N-ethyl adjacent to an activating group) is 1. The molecule has 6 nitrogen and oxygen atoms in total. The molecule has 0 aromatic heterocycles. The van der Waals surface area contributed by atoms with Gasteiger partial charge in [0.1, 0.15) is 0 Å². The first-order chi connectivity index (χ1) is 17.0. The summed E-state index contributed by atoms with van der Waals surface area (Å²) >= 11 is 6.18. The van der Waals surface area contributed by atoms with E-state index < -0.39 is 12.0 Å². The molecule has 3 aromatic rings. The largest absolute Gasteiger partial charge is 0.326 e. The Morgan fingerprint density at radius 2 is 1.74 bits per heavy atom. The third kappa shape index (κ3) is 4.82. The van der Waals surface area contributed by atoms with Crippen molar-refractivity contribution in [1.29, 1.82) is 0 Å². The molecule has 1 fully saturated rings. The molecule has 35 heavy (non-hydrogen) atoms. The van der Waals surface area contributed by atoms with Crippen LogP contribution >= 0.6 is 11.6 Å². The Hall–Kier alpha value is -3.19. The van der Waals surface area contributed by atoms with Gasteiger partial charge in [-0.15, -0.1) is 0 Å². The lowest BCUT2D eigenvalue weighted by Crippen LogP contribution is -2.52. The second-order valence-electron chi connectivity index (χ2n) is 9.22. The Morgan fingerprint density at radius 3 is 2.46 bits per heavy atom. The molecule has 3 aromatic carbocycles. The standard InChI is InChI=1S/C28H28ClN3O3/c1-31-16-15-22(17-31)32-26(20-11-13-21(29)14-12-20)25(23-9-5-6-10-24(23)28(32)34)27(33)30-35-18-19-7-3-2-4-8-19/h2-14,22,25-26H,15-18H2,1H3,(H,30,33)/t22-,25+,26-/m0/s1. The van der Waals surface area contributed by atoms with Crippen molar-refractivity contribution in [1.82, 2.24) is 15.3 Å².